The first kappa shape index (κ1) is 11.6. The smallest absolute Gasteiger partial charge is 0.331 e. The molecule has 0 amide bonds. The Morgan fingerprint density at radius 2 is 2.00 bits per heavy atom. The molecule has 0 N–H and O–H groups in total. The second-order valence-corrected chi connectivity index (χ2v) is 4.75. The van der Waals surface area contributed by atoms with E-state index in [0.717, 1.165) is 22.1 Å². The van der Waals surface area contributed by atoms with Crippen LogP contribution < -0.4 is 4.18 Å². The van der Waals surface area contributed by atoms with E-state index in [1.54, 1.807) is 12.1 Å². The minimum atomic E-state index is -3.71. The second-order valence-electron chi connectivity index (χ2n) is 2.41. The zero-order valence-corrected chi connectivity index (χ0v) is 9.22. The van der Waals surface area contributed by atoms with E-state index in [2.05, 4.69) is 10.8 Å². The highest BCUT2D eigenvalue weighted by Gasteiger charge is 2.06. The lowest BCUT2D eigenvalue weighted by atomic mass is 10.3. The van der Waals surface area contributed by atoms with Crippen LogP contribution in [0.15, 0.2) is 41.1 Å². The molecular formula is C9H7NO3S2. The van der Waals surface area contributed by atoms with Gasteiger partial charge in [-0.3, -0.25) is 0 Å². The Kier molecular flexibility index (Phi) is 3.77. The molecule has 78 valence electrons. The Hall–Kier alpha value is -1.45. The molecule has 15 heavy (non-hydrogen) atoms. The summed E-state index contributed by atoms with van der Waals surface area (Å²) in [6.07, 6.45) is 0. The van der Waals surface area contributed by atoms with Gasteiger partial charge in [0.1, 0.15) is 11.2 Å². The van der Waals surface area contributed by atoms with Crippen LogP contribution in [-0.2, 0) is 10.1 Å². The molecule has 0 bridgehead atoms. The molecule has 0 radical (unpaired) electrons. The van der Waals surface area contributed by atoms with Crippen LogP contribution in [0.5, 0.6) is 5.75 Å². The summed E-state index contributed by atoms with van der Waals surface area (Å²) < 4.78 is 26.6. The molecule has 0 aromatic heterocycles. The number of hydrogen-bond acceptors (Lipinski definition) is 5. The first-order valence-corrected chi connectivity index (χ1v) is 6.09. The number of rotatable bonds is 4. The van der Waals surface area contributed by atoms with Gasteiger partial charge in [-0.1, -0.05) is 6.58 Å². The molecule has 0 spiro atoms. The maximum absolute atomic E-state index is 11.0. The molecular weight excluding hydrogens is 234 g/mol. The maximum atomic E-state index is 11.0. The Bertz CT molecular complexity index is 485. The molecule has 1 aromatic carbocycles. The molecule has 0 unspecified atom stereocenters. The highest BCUT2D eigenvalue weighted by molar-refractivity contribution is 8.03. The second kappa shape index (κ2) is 4.87. The van der Waals surface area contributed by atoms with Gasteiger partial charge in [-0.05, 0) is 36.0 Å². The van der Waals surface area contributed by atoms with Gasteiger partial charge in [-0.15, -0.1) is 0 Å². The average molecular weight is 241 g/mol. The molecule has 0 fully saturated rings. The summed E-state index contributed by atoms with van der Waals surface area (Å²) in [5.41, 5.74) is 0. The predicted molar refractivity (Wildman–Crippen MR) is 57.7 cm³/mol. The Labute approximate surface area is 92.3 Å². The van der Waals surface area contributed by atoms with E-state index >= 15 is 0 Å². The highest BCUT2D eigenvalue weighted by atomic mass is 32.2. The molecule has 0 heterocycles. The van der Waals surface area contributed by atoms with Crippen molar-refractivity contribution in [3.63, 3.8) is 0 Å². The van der Waals surface area contributed by atoms with Crippen LogP contribution in [0.3, 0.4) is 0 Å². The van der Waals surface area contributed by atoms with Gasteiger partial charge in [0.15, 0.2) is 0 Å². The van der Waals surface area contributed by atoms with Crippen molar-refractivity contribution in [3.05, 3.63) is 36.3 Å². The number of hydrogen-bond donors (Lipinski definition) is 0. The van der Waals surface area contributed by atoms with Gasteiger partial charge in [0, 0.05) is 4.90 Å². The number of nitriles is 1. The molecule has 4 nitrogen and oxygen atoms in total. The SMILES string of the molecule is C=CS(=O)(=O)Oc1ccc(SC#N)cc1. The van der Waals surface area contributed by atoms with Crippen LogP contribution >= 0.6 is 11.8 Å². The van der Waals surface area contributed by atoms with E-state index in [-0.39, 0.29) is 5.75 Å². The summed E-state index contributed by atoms with van der Waals surface area (Å²) in [5.74, 6) is 0.192. The Balaban J connectivity index is 2.82. The number of thiocyanates is 1. The first-order chi connectivity index (χ1) is 7.07. The quantitative estimate of drug-likeness (QED) is 0.459. The molecule has 0 saturated carbocycles. The molecule has 0 atom stereocenters. The fourth-order valence-electron chi connectivity index (χ4n) is 0.784. The minimum Gasteiger partial charge on any atom is -0.379 e. The Morgan fingerprint density at radius 3 is 2.47 bits per heavy atom. The van der Waals surface area contributed by atoms with E-state index in [1.807, 2.05) is 5.40 Å². The summed E-state index contributed by atoms with van der Waals surface area (Å²) in [6.45, 7) is 3.12. The van der Waals surface area contributed by atoms with E-state index in [9.17, 15) is 8.42 Å². The molecule has 6 heteroatoms. The molecule has 1 aromatic rings. The monoisotopic (exact) mass is 241 g/mol. The van der Waals surface area contributed by atoms with Gasteiger partial charge in [-0.25, -0.2) is 0 Å². The number of thioether (sulfide) groups is 1. The van der Waals surface area contributed by atoms with Crippen LogP contribution in [0.2, 0.25) is 0 Å². The van der Waals surface area contributed by atoms with Gasteiger partial charge in [0.25, 0.3) is 0 Å². The first-order valence-electron chi connectivity index (χ1n) is 3.80. The van der Waals surface area contributed by atoms with Gasteiger partial charge >= 0.3 is 10.1 Å². The van der Waals surface area contributed by atoms with Crippen molar-refractivity contribution in [2.24, 2.45) is 0 Å². The lowest BCUT2D eigenvalue weighted by Crippen LogP contribution is -2.04. The molecule has 0 saturated heterocycles. The lowest BCUT2D eigenvalue weighted by Gasteiger charge is -2.02. The number of nitrogens with zero attached hydrogens (tertiary/aromatic N) is 1. The summed E-state index contributed by atoms with van der Waals surface area (Å²) in [6, 6.07) is 6.14. The third kappa shape index (κ3) is 3.65. The van der Waals surface area contributed by atoms with Gasteiger partial charge in [0.2, 0.25) is 0 Å². The highest BCUT2D eigenvalue weighted by Crippen LogP contribution is 2.21. The third-order valence-corrected chi connectivity index (χ3v) is 2.84. The Morgan fingerprint density at radius 1 is 1.40 bits per heavy atom. The largest absolute Gasteiger partial charge is 0.379 e. The zero-order chi connectivity index (χ0) is 11.3. The van der Waals surface area contributed by atoms with Crippen molar-refractivity contribution in [3.8, 4) is 11.2 Å². The van der Waals surface area contributed by atoms with E-state index in [0.29, 0.717) is 0 Å². The average Bonchev–Trinajstić information content (AvgIpc) is 2.21. The van der Waals surface area contributed by atoms with Crippen molar-refractivity contribution in [1.82, 2.24) is 0 Å². The topological polar surface area (TPSA) is 67.2 Å². The lowest BCUT2D eigenvalue weighted by molar-refractivity contribution is 0.496. The van der Waals surface area contributed by atoms with Gasteiger partial charge in [0.05, 0.1) is 5.41 Å². The van der Waals surface area contributed by atoms with Crippen molar-refractivity contribution < 1.29 is 12.6 Å². The fraction of sp³-hybridized carbons (Fsp3) is 0. The van der Waals surface area contributed by atoms with Gasteiger partial charge in [-0.2, -0.15) is 13.7 Å². The van der Waals surface area contributed by atoms with E-state index in [4.69, 9.17) is 5.26 Å². The van der Waals surface area contributed by atoms with Gasteiger partial charge < -0.3 is 4.18 Å². The van der Waals surface area contributed by atoms with Crippen molar-refractivity contribution in [2.45, 2.75) is 4.90 Å². The summed E-state index contributed by atoms with van der Waals surface area (Å²) >= 11 is 0.988. The summed E-state index contributed by atoms with van der Waals surface area (Å²) in [4.78, 5) is 0.723. The normalized spacial score (nSPS) is 10.3. The zero-order valence-electron chi connectivity index (χ0n) is 7.58. The van der Waals surface area contributed by atoms with E-state index in [1.165, 1.54) is 12.1 Å². The molecule has 0 aliphatic carbocycles. The standard InChI is InChI=1S/C9H7NO3S2/c1-2-15(11,12)13-8-3-5-9(6-4-8)14-7-10/h2-6H,1H2. The van der Waals surface area contributed by atoms with Crippen LogP contribution in [0, 0.1) is 10.7 Å². The summed E-state index contributed by atoms with van der Waals surface area (Å²) in [7, 11) is -3.71. The third-order valence-electron chi connectivity index (χ3n) is 1.40. The molecule has 0 aliphatic heterocycles. The van der Waals surface area contributed by atoms with Crippen molar-refractivity contribution >= 4 is 21.9 Å². The fourth-order valence-corrected chi connectivity index (χ4v) is 1.61. The van der Waals surface area contributed by atoms with Crippen molar-refractivity contribution in [2.75, 3.05) is 0 Å². The maximum Gasteiger partial charge on any atom is 0.331 e. The molecule has 0 aliphatic rings. The molecule has 1 rings (SSSR count). The van der Waals surface area contributed by atoms with Crippen LogP contribution in [0.1, 0.15) is 0 Å². The van der Waals surface area contributed by atoms with Crippen LogP contribution in [0.25, 0.3) is 0 Å². The van der Waals surface area contributed by atoms with Crippen molar-refractivity contribution in [1.29, 1.82) is 5.26 Å². The van der Waals surface area contributed by atoms with Crippen LogP contribution in [-0.4, -0.2) is 8.42 Å². The predicted octanol–water partition coefficient (Wildman–Crippen LogP) is 2.11. The van der Waals surface area contributed by atoms with Crippen LogP contribution in [0.4, 0.5) is 0 Å². The summed E-state index contributed by atoms with van der Waals surface area (Å²) in [5, 5.41) is 11.0. The number of benzene rings is 1. The van der Waals surface area contributed by atoms with E-state index < -0.39 is 10.1 Å². The minimum absolute atomic E-state index is 0.192.